The minimum atomic E-state index is -0.732. The molecule has 1 aromatic heterocycles. The van der Waals surface area contributed by atoms with Crippen molar-refractivity contribution >= 4 is 27.0 Å². The minimum Gasteiger partial charge on any atom is -0.325 e. The van der Waals surface area contributed by atoms with Gasteiger partial charge in [0.2, 0.25) is 0 Å². The van der Waals surface area contributed by atoms with Crippen LogP contribution in [0.3, 0.4) is 0 Å². The number of alkyl halides is 1. The minimum absolute atomic E-state index is 0.0325. The summed E-state index contributed by atoms with van der Waals surface area (Å²) in [7, 11) is 0. The molecule has 4 heteroatoms. The average Bonchev–Trinajstić information content (AvgIpc) is 2.72. The van der Waals surface area contributed by atoms with Crippen molar-refractivity contribution in [3.63, 3.8) is 0 Å². The fraction of sp³-hybridized carbons (Fsp3) is 0.462. The van der Waals surface area contributed by atoms with Gasteiger partial charge in [-0.25, -0.2) is 9.37 Å². The third-order valence-electron chi connectivity index (χ3n) is 3.54. The Balaban J connectivity index is 2.05. The molecule has 1 aromatic carbocycles. The Morgan fingerprint density at radius 1 is 1.29 bits per heavy atom. The first kappa shape index (κ1) is 11.2. The Morgan fingerprint density at radius 3 is 2.94 bits per heavy atom. The van der Waals surface area contributed by atoms with Gasteiger partial charge in [0.05, 0.1) is 23.4 Å². The SMILES string of the molecule is F[C@@H]1CCCC[C@H]1n1cnc2cc(Br)ccc21. The van der Waals surface area contributed by atoms with Gasteiger partial charge in [0.15, 0.2) is 0 Å². The number of fused-ring (bicyclic) bond motifs is 1. The van der Waals surface area contributed by atoms with Gasteiger partial charge in [-0.1, -0.05) is 28.8 Å². The molecule has 0 saturated heterocycles. The molecule has 90 valence electrons. The molecule has 1 saturated carbocycles. The average molecular weight is 297 g/mol. The molecule has 1 aliphatic carbocycles. The summed E-state index contributed by atoms with van der Waals surface area (Å²) in [5.41, 5.74) is 1.96. The third-order valence-corrected chi connectivity index (χ3v) is 4.03. The second-order valence-electron chi connectivity index (χ2n) is 4.65. The Morgan fingerprint density at radius 2 is 2.12 bits per heavy atom. The van der Waals surface area contributed by atoms with Crippen LogP contribution in [0.2, 0.25) is 0 Å². The van der Waals surface area contributed by atoms with Crippen molar-refractivity contribution < 1.29 is 4.39 Å². The van der Waals surface area contributed by atoms with Crippen molar-refractivity contribution in [1.29, 1.82) is 0 Å². The van der Waals surface area contributed by atoms with Gasteiger partial charge in [-0.15, -0.1) is 0 Å². The van der Waals surface area contributed by atoms with Crippen LogP contribution in [-0.4, -0.2) is 15.7 Å². The van der Waals surface area contributed by atoms with Crippen LogP contribution in [0.15, 0.2) is 29.0 Å². The fourth-order valence-electron chi connectivity index (χ4n) is 2.65. The quantitative estimate of drug-likeness (QED) is 0.769. The molecular weight excluding hydrogens is 283 g/mol. The molecule has 0 unspecified atom stereocenters. The van der Waals surface area contributed by atoms with Gasteiger partial charge < -0.3 is 4.57 Å². The third kappa shape index (κ3) is 1.99. The zero-order chi connectivity index (χ0) is 11.8. The molecule has 1 aliphatic rings. The summed E-state index contributed by atoms with van der Waals surface area (Å²) >= 11 is 3.43. The molecule has 0 N–H and O–H groups in total. The largest absolute Gasteiger partial charge is 0.325 e. The topological polar surface area (TPSA) is 17.8 Å². The first-order valence-corrected chi connectivity index (χ1v) is 6.81. The van der Waals surface area contributed by atoms with Gasteiger partial charge >= 0.3 is 0 Å². The van der Waals surface area contributed by atoms with E-state index in [0.717, 1.165) is 34.8 Å². The van der Waals surface area contributed by atoms with Gasteiger partial charge in [-0.2, -0.15) is 0 Å². The van der Waals surface area contributed by atoms with E-state index in [9.17, 15) is 4.39 Å². The second-order valence-corrected chi connectivity index (χ2v) is 5.57. The highest BCUT2D eigenvalue weighted by Gasteiger charge is 2.27. The lowest BCUT2D eigenvalue weighted by Crippen LogP contribution is -2.23. The number of nitrogens with zero attached hydrogens (tertiary/aromatic N) is 2. The highest BCUT2D eigenvalue weighted by atomic mass is 79.9. The summed E-state index contributed by atoms with van der Waals surface area (Å²) in [5, 5.41) is 0. The van der Waals surface area contributed by atoms with Crippen molar-refractivity contribution in [2.75, 3.05) is 0 Å². The highest BCUT2D eigenvalue weighted by Crippen LogP contribution is 2.33. The molecule has 1 heterocycles. The smallest absolute Gasteiger partial charge is 0.121 e. The number of aromatic nitrogens is 2. The van der Waals surface area contributed by atoms with Crippen LogP contribution < -0.4 is 0 Å². The van der Waals surface area contributed by atoms with Crippen molar-refractivity contribution in [1.82, 2.24) is 9.55 Å². The molecule has 3 rings (SSSR count). The lowest BCUT2D eigenvalue weighted by atomic mass is 9.93. The molecule has 2 atom stereocenters. The Kier molecular flexibility index (Phi) is 2.90. The molecule has 0 amide bonds. The van der Waals surface area contributed by atoms with E-state index in [1.54, 1.807) is 6.33 Å². The second kappa shape index (κ2) is 4.41. The van der Waals surface area contributed by atoms with Crippen LogP contribution in [0, 0.1) is 0 Å². The number of imidazole rings is 1. The summed E-state index contributed by atoms with van der Waals surface area (Å²) in [6.45, 7) is 0. The predicted molar refractivity (Wildman–Crippen MR) is 69.8 cm³/mol. The monoisotopic (exact) mass is 296 g/mol. The van der Waals surface area contributed by atoms with Gasteiger partial charge in [-0.3, -0.25) is 0 Å². The van der Waals surface area contributed by atoms with Gasteiger partial charge in [0.1, 0.15) is 6.17 Å². The van der Waals surface area contributed by atoms with E-state index in [0.29, 0.717) is 6.42 Å². The molecule has 0 aliphatic heterocycles. The van der Waals surface area contributed by atoms with E-state index in [1.165, 1.54) is 0 Å². The molecule has 0 radical (unpaired) electrons. The fourth-order valence-corrected chi connectivity index (χ4v) is 3.00. The van der Waals surface area contributed by atoms with E-state index in [-0.39, 0.29) is 6.04 Å². The number of hydrogen-bond acceptors (Lipinski definition) is 1. The Bertz CT molecular complexity index is 537. The molecule has 0 spiro atoms. The van der Waals surface area contributed by atoms with Crippen LogP contribution in [0.5, 0.6) is 0 Å². The summed E-state index contributed by atoms with van der Waals surface area (Å²) < 4.78 is 17.0. The molecule has 2 aromatic rings. The summed E-state index contributed by atoms with van der Waals surface area (Å²) in [6.07, 6.45) is 4.77. The van der Waals surface area contributed by atoms with E-state index in [4.69, 9.17) is 0 Å². The van der Waals surface area contributed by atoms with E-state index in [2.05, 4.69) is 20.9 Å². The molecule has 1 fully saturated rings. The lowest BCUT2D eigenvalue weighted by molar-refractivity contribution is 0.173. The predicted octanol–water partition coefficient (Wildman–Crippen LogP) is 4.25. The highest BCUT2D eigenvalue weighted by molar-refractivity contribution is 9.10. The van der Waals surface area contributed by atoms with Crippen LogP contribution in [-0.2, 0) is 0 Å². The number of hydrogen-bond donors (Lipinski definition) is 0. The van der Waals surface area contributed by atoms with Crippen LogP contribution in [0.25, 0.3) is 11.0 Å². The van der Waals surface area contributed by atoms with E-state index >= 15 is 0 Å². The standard InChI is InChI=1S/C13H14BrFN2/c14-9-5-6-13-11(7-9)16-8-17(13)12-4-2-1-3-10(12)15/h5-8,10,12H,1-4H2/t10-,12-/m1/s1. The van der Waals surface area contributed by atoms with E-state index < -0.39 is 6.17 Å². The van der Waals surface area contributed by atoms with Crippen molar-refractivity contribution in [3.05, 3.63) is 29.0 Å². The van der Waals surface area contributed by atoms with Crippen LogP contribution in [0.1, 0.15) is 31.7 Å². The number of halogens is 2. The molecule has 17 heavy (non-hydrogen) atoms. The number of benzene rings is 1. The molecule has 0 bridgehead atoms. The van der Waals surface area contributed by atoms with E-state index in [1.807, 2.05) is 22.8 Å². The molecular formula is C13H14BrFN2. The zero-order valence-corrected chi connectivity index (χ0v) is 11.0. The first-order valence-electron chi connectivity index (χ1n) is 6.02. The summed E-state index contributed by atoms with van der Waals surface area (Å²) in [5.74, 6) is 0. The van der Waals surface area contributed by atoms with Crippen LogP contribution in [0.4, 0.5) is 4.39 Å². The first-order chi connectivity index (χ1) is 8.25. The van der Waals surface area contributed by atoms with Crippen molar-refractivity contribution in [3.8, 4) is 0 Å². The van der Waals surface area contributed by atoms with Gasteiger partial charge in [0.25, 0.3) is 0 Å². The van der Waals surface area contributed by atoms with Gasteiger partial charge in [-0.05, 0) is 31.0 Å². The normalized spacial score (nSPS) is 25.3. The lowest BCUT2D eigenvalue weighted by Gasteiger charge is -2.27. The van der Waals surface area contributed by atoms with Crippen molar-refractivity contribution in [2.45, 2.75) is 37.9 Å². The van der Waals surface area contributed by atoms with Crippen molar-refractivity contribution in [2.24, 2.45) is 0 Å². The zero-order valence-electron chi connectivity index (χ0n) is 9.44. The summed E-state index contributed by atoms with van der Waals surface area (Å²) in [6, 6.07) is 5.93. The van der Waals surface area contributed by atoms with Crippen LogP contribution >= 0.6 is 15.9 Å². The maximum Gasteiger partial charge on any atom is 0.121 e. The maximum atomic E-state index is 14.0. The Labute approximate surface area is 108 Å². The maximum absolute atomic E-state index is 14.0. The summed E-state index contributed by atoms with van der Waals surface area (Å²) in [4.78, 5) is 4.36. The molecule has 2 nitrogen and oxygen atoms in total. The van der Waals surface area contributed by atoms with Gasteiger partial charge in [0, 0.05) is 4.47 Å². The number of rotatable bonds is 1. The Hall–Kier alpha value is -0.900.